The molecule has 0 rings (SSSR count). The summed E-state index contributed by atoms with van der Waals surface area (Å²) in [5.41, 5.74) is 0. The number of hydrogen-bond donors (Lipinski definition) is 0. The van der Waals surface area contributed by atoms with Crippen molar-refractivity contribution in [2.24, 2.45) is 5.92 Å². The molecule has 0 heteroatoms. The van der Waals surface area contributed by atoms with Gasteiger partial charge in [-0.15, -0.1) is 23.7 Å². The van der Waals surface area contributed by atoms with E-state index < -0.39 is 0 Å². The van der Waals surface area contributed by atoms with E-state index in [1.807, 2.05) is 20.8 Å². The van der Waals surface area contributed by atoms with Crippen LogP contribution in [0.4, 0.5) is 0 Å². The Morgan fingerprint density at radius 2 is 1.20 bits per heavy atom. The zero-order valence-electron chi connectivity index (χ0n) is 7.58. The number of hydrogen-bond acceptors (Lipinski definition) is 0. The number of rotatable bonds is 0. The van der Waals surface area contributed by atoms with Crippen LogP contribution in [0.3, 0.4) is 0 Å². The van der Waals surface area contributed by atoms with Gasteiger partial charge in [-0.2, -0.15) is 0 Å². The molecule has 0 aromatic carbocycles. The van der Waals surface area contributed by atoms with Gasteiger partial charge >= 0.3 is 0 Å². The highest BCUT2D eigenvalue weighted by Gasteiger charge is 1.75. The summed E-state index contributed by atoms with van der Waals surface area (Å²) in [5.74, 6) is 11.7. The van der Waals surface area contributed by atoms with Gasteiger partial charge in [-0.3, -0.25) is 0 Å². The van der Waals surface area contributed by atoms with Crippen LogP contribution in [0.2, 0.25) is 0 Å². The van der Waals surface area contributed by atoms with E-state index in [4.69, 9.17) is 0 Å². The van der Waals surface area contributed by atoms with E-state index in [2.05, 4.69) is 37.5 Å². The molecule has 0 fully saturated rings. The lowest BCUT2D eigenvalue weighted by Gasteiger charge is -1.82. The molecule has 0 aliphatic carbocycles. The molecule has 10 heavy (non-hydrogen) atoms. The second kappa shape index (κ2) is 11.0. The van der Waals surface area contributed by atoms with Gasteiger partial charge in [0.25, 0.3) is 0 Å². The topological polar surface area (TPSA) is 0 Å². The van der Waals surface area contributed by atoms with E-state index in [1.165, 1.54) is 0 Å². The summed E-state index contributed by atoms with van der Waals surface area (Å²) in [5, 5.41) is 0. The SMILES string of the molecule is CC#CC.CC#CC(C)C. The van der Waals surface area contributed by atoms with Gasteiger partial charge in [0.1, 0.15) is 0 Å². The molecule has 0 N–H and O–H groups in total. The fraction of sp³-hybridized carbons (Fsp3) is 0.600. The quantitative estimate of drug-likeness (QED) is 0.449. The zero-order chi connectivity index (χ0) is 8.41. The maximum atomic E-state index is 2.96. The molecule has 0 aromatic rings. The first kappa shape index (κ1) is 11.9. The largest absolute Gasteiger partial charge is 0.107 e. The third-order valence-corrected chi connectivity index (χ3v) is 0.683. The second-order valence-electron chi connectivity index (χ2n) is 2.05. The van der Waals surface area contributed by atoms with Crippen molar-refractivity contribution in [2.45, 2.75) is 34.6 Å². The Bertz CT molecular complexity index is 148. The van der Waals surface area contributed by atoms with E-state index >= 15 is 0 Å². The molecule has 0 bridgehead atoms. The maximum absolute atomic E-state index is 2.96. The highest BCUT2D eigenvalue weighted by Crippen LogP contribution is 1.83. The Morgan fingerprint density at radius 3 is 1.20 bits per heavy atom. The molecule has 56 valence electrons. The molecule has 0 atom stereocenters. The van der Waals surface area contributed by atoms with Crippen LogP contribution in [-0.2, 0) is 0 Å². The lowest BCUT2D eigenvalue weighted by molar-refractivity contribution is 0.866. The average molecular weight is 136 g/mol. The van der Waals surface area contributed by atoms with Gasteiger partial charge in [-0.25, -0.2) is 0 Å². The van der Waals surface area contributed by atoms with Crippen molar-refractivity contribution < 1.29 is 0 Å². The van der Waals surface area contributed by atoms with E-state index in [0.717, 1.165) is 0 Å². The summed E-state index contributed by atoms with van der Waals surface area (Å²) < 4.78 is 0. The molecule has 0 heterocycles. The predicted molar refractivity (Wildman–Crippen MR) is 47.4 cm³/mol. The Morgan fingerprint density at radius 1 is 0.800 bits per heavy atom. The van der Waals surface area contributed by atoms with Crippen molar-refractivity contribution in [1.29, 1.82) is 0 Å². The van der Waals surface area contributed by atoms with Crippen molar-refractivity contribution in [3.63, 3.8) is 0 Å². The molecule has 0 unspecified atom stereocenters. The standard InChI is InChI=1S/C6H10.C4H6/c1-4-5-6(2)3;1-3-4-2/h6H,1-3H3;1-2H3. The third kappa shape index (κ3) is 27.4. The molecule has 0 nitrogen and oxygen atoms in total. The molecule has 0 saturated carbocycles. The van der Waals surface area contributed by atoms with Gasteiger partial charge in [0.05, 0.1) is 0 Å². The Balaban J connectivity index is 0. The van der Waals surface area contributed by atoms with Crippen LogP contribution in [0.1, 0.15) is 34.6 Å². The van der Waals surface area contributed by atoms with Crippen LogP contribution < -0.4 is 0 Å². The fourth-order valence-electron chi connectivity index (χ4n) is 0.289. The van der Waals surface area contributed by atoms with Crippen molar-refractivity contribution in [3.8, 4) is 23.7 Å². The minimum absolute atomic E-state index is 0.537. The van der Waals surface area contributed by atoms with Crippen molar-refractivity contribution >= 4 is 0 Å². The normalized spacial score (nSPS) is 5.80. The summed E-state index contributed by atoms with van der Waals surface area (Å²) in [4.78, 5) is 0. The Hall–Kier alpha value is -0.880. The predicted octanol–water partition coefficient (Wildman–Crippen LogP) is 2.70. The van der Waals surface area contributed by atoms with E-state index in [-0.39, 0.29) is 0 Å². The molecule has 0 radical (unpaired) electrons. The fourth-order valence-corrected chi connectivity index (χ4v) is 0.289. The Labute approximate surface area is 65.0 Å². The van der Waals surface area contributed by atoms with Gasteiger partial charge in [0, 0.05) is 5.92 Å². The molecule has 0 spiro atoms. The summed E-state index contributed by atoms with van der Waals surface area (Å²) >= 11 is 0. The van der Waals surface area contributed by atoms with Gasteiger partial charge in [0.2, 0.25) is 0 Å². The van der Waals surface area contributed by atoms with Crippen LogP contribution in [0.5, 0.6) is 0 Å². The van der Waals surface area contributed by atoms with Gasteiger partial charge in [-0.1, -0.05) is 13.8 Å². The van der Waals surface area contributed by atoms with Gasteiger partial charge < -0.3 is 0 Å². The molecule has 0 saturated heterocycles. The molecular weight excluding hydrogens is 120 g/mol. The van der Waals surface area contributed by atoms with Crippen LogP contribution in [0.25, 0.3) is 0 Å². The summed E-state index contributed by atoms with van der Waals surface area (Å²) in [7, 11) is 0. The maximum Gasteiger partial charge on any atom is 0.0146 e. The lowest BCUT2D eigenvalue weighted by atomic mass is 10.2. The van der Waals surface area contributed by atoms with Gasteiger partial charge in [0.15, 0.2) is 0 Å². The third-order valence-electron chi connectivity index (χ3n) is 0.683. The lowest BCUT2D eigenvalue weighted by Crippen LogP contribution is -1.74. The van der Waals surface area contributed by atoms with Crippen molar-refractivity contribution in [2.75, 3.05) is 0 Å². The first-order valence-corrected chi connectivity index (χ1v) is 3.44. The Kier molecular flexibility index (Phi) is 13.0. The highest BCUT2D eigenvalue weighted by molar-refractivity contribution is 4.97. The average Bonchev–Trinajstić information content (AvgIpc) is 1.89. The smallest absolute Gasteiger partial charge is 0.0146 e. The first-order chi connectivity index (χ1) is 4.68. The zero-order valence-corrected chi connectivity index (χ0v) is 7.58. The summed E-state index contributed by atoms with van der Waals surface area (Å²) in [6.45, 7) is 9.66. The minimum Gasteiger partial charge on any atom is -0.107 e. The molecule has 0 aliphatic heterocycles. The monoisotopic (exact) mass is 136 g/mol. The van der Waals surface area contributed by atoms with E-state index in [9.17, 15) is 0 Å². The minimum atomic E-state index is 0.537. The van der Waals surface area contributed by atoms with Crippen LogP contribution in [0, 0.1) is 29.6 Å². The summed E-state index contributed by atoms with van der Waals surface area (Å²) in [6, 6.07) is 0. The van der Waals surface area contributed by atoms with Crippen molar-refractivity contribution in [1.82, 2.24) is 0 Å². The van der Waals surface area contributed by atoms with Crippen LogP contribution in [-0.4, -0.2) is 0 Å². The summed E-state index contributed by atoms with van der Waals surface area (Å²) in [6.07, 6.45) is 0. The molecule has 0 amide bonds. The van der Waals surface area contributed by atoms with Crippen LogP contribution >= 0.6 is 0 Å². The van der Waals surface area contributed by atoms with Gasteiger partial charge in [-0.05, 0) is 20.8 Å². The molecule has 0 aromatic heterocycles. The van der Waals surface area contributed by atoms with E-state index in [0.29, 0.717) is 5.92 Å². The second-order valence-corrected chi connectivity index (χ2v) is 2.05. The molecular formula is C10H16. The first-order valence-electron chi connectivity index (χ1n) is 3.44. The van der Waals surface area contributed by atoms with Crippen molar-refractivity contribution in [3.05, 3.63) is 0 Å². The molecule has 0 aliphatic rings. The highest BCUT2D eigenvalue weighted by atomic mass is 13.8. The van der Waals surface area contributed by atoms with Crippen LogP contribution in [0.15, 0.2) is 0 Å². The van der Waals surface area contributed by atoms with E-state index in [1.54, 1.807) is 0 Å².